The third kappa shape index (κ3) is 3.69. The first-order valence-electron chi connectivity index (χ1n) is 8.79. The number of nitrogens with zero attached hydrogens (tertiary/aromatic N) is 1. The van der Waals surface area contributed by atoms with Gasteiger partial charge in [0, 0.05) is 45.7 Å². The van der Waals surface area contributed by atoms with Crippen LogP contribution in [0, 0.1) is 17.3 Å². The van der Waals surface area contributed by atoms with Crippen LogP contribution in [0.2, 0.25) is 0 Å². The highest BCUT2D eigenvalue weighted by molar-refractivity contribution is 5.80. The highest BCUT2D eigenvalue weighted by atomic mass is 16.5. The normalized spacial score (nSPS) is 30.4. The zero-order chi connectivity index (χ0) is 16.3. The molecule has 130 valence electrons. The van der Waals surface area contributed by atoms with Crippen LogP contribution in [-0.2, 0) is 19.1 Å². The number of ether oxygens (including phenoxy) is 2. The van der Waals surface area contributed by atoms with Crippen LogP contribution in [0.3, 0.4) is 0 Å². The molecule has 2 amide bonds. The minimum Gasteiger partial charge on any atom is -0.381 e. The molecule has 0 aliphatic carbocycles. The quantitative estimate of drug-likeness (QED) is 0.834. The molecule has 0 saturated carbocycles. The molecule has 6 nitrogen and oxygen atoms in total. The molecule has 3 aliphatic rings. The summed E-state index contributed by atoms with van der Waals surface area (Å²) in [5, 5.41) is 3.12. The van der Waals surface area contributed by atoms with E-state index in [1.165, 1.54) is 0 Å². The van der Waals surface area contributed by atoms with Crippen molar-refractivity contribution in [1.29, 1.82) is 0 Å². The molecule has 3 heterocycles. The Morgan fingerprint density at radius 1 is 1.13 bits per heavy atom. The molecule has 3 aliphatic heterocycles. The Bertz CT molecular complexity index is 440. The van der Waals surface area contributed by atoms with Crippen molar-refractivity contribution >= 4 is 11.8 Å². The van der Waals surface area contributed by atoms with Gasteiger partial charge in [-0.05, 0) is 31.1 Å². The van der Waals surface area contributed by atoms with E-state index in [0.717, 1.165) is 58.6 Å². The van der Waals surface area contributed by atoms with E-state index in [-0.39, 0.29) is 23.1 Å². The number of piperidine rings is 1. The maximum absolute atomic E-state index is 12.7. The van der Waals surface area contributed by atoms with Crippen LogP contribution >= 0.6 is 0 Å². The Labute approximate surface area is 137 Å². The maximum Gasteiger partial charge on any atom is 0.226 e. The highest BCUT2D eigenvalue weighted by Crippen LogP contribution is 2.44. The highest BCUT2D eigenvalue weighted by Gasteiger charge is 2.47. The van der Waals surface area contributed by atoms with Crippen LogP contribution in [0.5, 0.6) is 0 Å². The minimum atomic E-state index is -0.0901. The van der Waals surface area contributed by atoms with Crippen molar-refractivity contribution in [2.45, 2.75) is 32.6 Å². The van der Waals surface area contributed by atoms with Gasteiger partial charge in [-0.15, -0.1) is 0 Å². The largest absolute Gasteiger partial charge is 0.381 e. The summed E-state index contributed by atoms with van der Waals surface area (Å²) in [5.74, 6) is 0.605. The first-order chi connectivity index (χ1) is 11.1. The lowest BCUT2D eigenvalue weighted by Crippen LogP contribution is -2.53. The van der Waals surface area contributed by atoms with Crippen molar-refractivity contribution in [3.63, 3.8) is 0 Å². The second-order valence-electron chi connectivity index (χ2n) is 7.22. The van der Waals surface area contributed by atoms with Crippen molar-refractivity contribution in [3.8, 4) is 0 Å². The summed E-state index contributed by atoms with van der Waals surface area (Å²) >= 11 is 0. The standard InChI is InChI=1S/C17H28N2O4/c1-13(20)19-6-3-17(4-7-19)5-9-23-12-15(17)16(21)18-10-14-2-8-22-11-14/h14-15H,2-12H2,1H3,(H,18,21). The zero-order valence-corrected chi connectivity index (χ0v) is 14.0. The van der Waals surface area contributed by atoms with Gasteiger partial charge in [-0.1, -0.05) is 0 Å². The molecule has 3 saturated heterocycles. The van der Waals surface area contributed by atoms with E-state index in [1.54, 1.807) is 6.92 Å². The second kappa shape index (κ2) is 7.18. The van der Waals surface area contributed by atoms with Gasteiger partial charge in [-0.2, -0.15) is 0 Å². The Hall–Kier alpha value is -1.14. The fourth-order valence-electron chi connectivity index (χ4n) is 4.16. The van der Waals surface area contributed by atoms with Crippen LogP contribution in [0.4, 0.5) is 0 Å². The van der Waals surface area contributed by atoms with Gasteiger partial charge in [-0.3, -0.25) is 9.59 Å². The second-order valence-corrected chi connectivity index (χ2v) is 7.22. The maximum atomic E-state index is 12.7. The molecule has 1 spiro atoms. The summed E-state index contributed by atoms with van der Waals surface area (Å²) in [6.07, 6.45) is 3.75. The summed E-state index contributed by atoms with van der Waals surface area (Å²) in [6, 6.07) is 0. The molecule has 1 N–H and O–H groups in total. The minimum absolute atomic E-state index is 0.000456. The first kappa shape index (κ1) is 16.7. The van der Waals surface area contributed by atoms with Crippen molar-refractivity contribution in [3.05, 3.63) is 0 Å². The molecule has 0 aromatic carbocycles. The fraction of sp³-hybridized carbons (Fsp3) is 0.882. The van der Waals surface area contributed by atoms with Crippen molar-refractivity contribution in [2.24, 2.45) is 17.3 Å². The fourth-order valence-corrected chi connectivity index (χ4v) is 4.16. The molecule has 3 rings (SSSR count). The van der Waals surface area contributed by atoms with Gasteiger partial charge in [0.2, 0.25) is 11.8 Å². The monoisotopic (exact) mass is 324 g/mol. The van der Waals surface area contributed by atoms with Crippen LogP contribution in [0.15, 0.2) is 0 Å². The average Bonchev–Trinajstić information content (AvgIpc) is 3.07. The number of carbonyl (C=O) groups is 2. The molecule has 2 atom stereocenters. The lowest BCUT2D eigenvalue weighted by Gasteiger charge is -2.48. The van der Waals surface area contributed by atoms with Gasteiger partial charge in [0.1, 0.15) is 0 Å². The molecule has 6 heteroatoms. The van der Waals surface area contributed by atoms with E-state index >= 15 is 0 Å². The molecular weight excluding hydrogens is 296 g/mol. The smallest absolute Gasteiger partial charge is 0.226 e. The summed E-state index contributed by atoms with van der Waals surface area (Å²) in [5.41, 5.74) is 0.000456. The Morgan fingerprint density at radius 2 is 1.87 bits per heavy atom. The van der Waals surface area contributed by atoms with Gasteiger partial charge in [0.15, 0.2) is 0 Å². The van der Waals surface area contributed by atoms with Gasteiger partial charge < -0.3 is 19.7 Å². The zero-order valence-electron chi connectivity index (χ0n) is 14.0. The topological polar surface area (TPSA) is 67.9 Å². The molecule has 2 unspecified atom stereocenters. The molecule has 0 radical (unpaired) electrons. The molecule has 0 bridgehead atoms. The molecule has 3 fully saturated rings. The number of hydrogen-bond donors (Lipinski definition) is 1. The Balaban J connectivity index is 1.59. The van der Waals surface area contributed by atoms with E-state index in [0.29, 0.717) is 19.1 Å². The lowest BCUT2D eigenvalue weighted by molar-refractivity contribution is -0.145. The summed E-state index contributed by atoms with van der Waals surface area (Å²) < 4.78 is 11.0. The first-order valence-corrected chi connectivity index (χ1v) is 8.79. The number of likely N-dealkylation sites (tertiary alicyclic amines) is 1. The van der Waals surface area contributed by atoms with Gasteiger partial charge in [0.25, 0.3) is 0 Å². The Kier molecular flexibility index (Phi) is 5.21. The molecule has 23 heavy (non-hydrogen) atoms. The predicted molar refractivity (Wildman–Crippen MR) is 84.8 cm³/mol. The number of hydrogen-bond acceptors (Lipinski definition) is 4. The van der Waals surface area contributed by atoms with E-state index in [4.69, 9.17) is 9.47 Å². The summed E-state index contributed by atoms with van der Waals surface area (Å²) in [6.45, 7) is 6.62. The number of rotatable bonds is 3. The number of nitrogens with one attached hydrogen (secondary N) is 1. The third-order valence-electron chi connectivity index (χ3n) is 5.88. The van der Waals surface area contributed by atoms with Gasteiger partial charge >= 0.3 is 0 Å². The summed E-state index contributed by atoms with van der Waals surface area (Å²) in [4.78, 5) is 26.2. The Morgan fingerprint density at radius 3 is 2.52 bits per heavy atom. The SMILES string of the molecule is CC(=O)N1CCC2(CCOCC2C(=O)NCC2CCOC2)CC1. The molecule has 0 aromatic rings. The molecule has 0 aromatic heterocycles. The number of amides is 2. The van der Waals surface area contributed by atoms with Crippen molar-refractivity contribution < 1.29 is 19.1 Å². The van der Waals surface area contributed by atoms with Crippen LogP contribution in [-0.4, -0.2) is 62.8 Å². The van der Waals surface area contributed by atoms with E-state index in [1.807, 2.05) is 4.90 Å². The molecular formula is C17H28N2O4. The van der Waals surface area contributed by atoms with Crippen LogP contribution < -0.4 is 5.32 Å². The van der Waals surface area contributed by atoms with E-state index < -0.39 is 0 Å². The lowest BCUT2D eigenvalue weighted by atomic mass is 9.65. The van der Waals surface area contributed by atoms with Gasteiger partial charge in [-0.25, -0.2) is 0 Å². The average molecular weight is 324 g/mol. The van der Waals surface area contributed by atoms with Crippen molar-refractivity contribution in [1.82, 2.24) is 10.2 Å². The number of carbonyl (C=O) groups excluding carboxylic acids is 2. The van der Waals surface area contributed by atoms with Crippen LogP contribution in [0.1, 0.15) is 32.6 Å². The van der Waals surface area contributed by atoms with Crippen molar-refractivity contribution in [2.75, 3.05) is 46.1 Å². The predicted octanol–water partition coefficient (Wildman–Crippen LogP) is 0.804. The third-order valence-corrected chi connectivity index (χ3v) is 5.88. The van der Waals surface area contributed by atoms with E-state index in [2.05, 4.69) is 5.32 Å². The van der Waals surface area contributed by atoms with Gasteiger partial charge in [0.05, 0.1) is 19.1 Å². The van der Waals surface area contributed by atoms with E-state index in [9.17, 15) is 9.59 Å². The summed E-state index contributed by atoms with van der Waals surface area (Å²) in [7, 11) is 0. The van der Waals surface area contributed by atoms with Crippen LogP contribution in [0.25, 0.3) is 0 Å².